The highest BCUT2D eigenvalue weighted by Gasteiger charge is 2.74. The molecule has 0 N–H and O–H groups in total. The molecule has 4 aliphatic heterocycles. The van der Waals surface area contributed by atoms with Crippen LogP contribution in [0, 0.1) is 11.8 Å². The maximum absolute atomic E-state index is 14.4. The Hall–Kier alpha value is -4.31. The molecule has 0 bridgehead atoms. The van der Waals surface area contributed by atoms with Crippen LogP contribution in [0.4, 0.5) is 18.9 Å². The topological polar surface area (TPSA) is 75.5 Å². The van der Waals surface area contributed by atoms with Crippen molar-refractivity contribution in [3.63, 3.8) is 0 Å². The zero-order valence-electron chi connectivity index (χ0n) is 20.9. The second-order valence-electron chi connectivity index (χ2n) is 10.8. The highest BCUT2D eigenvalue weighted by atomic mass is 19.4. The van der Waals surface area contributed by atoms with Crippen molar-refractivity contribution < 1.29 is 22.8 Å². The lowest BCUT2D eigenvalue weighted by Crippen LogP contribution is -2.51. The van der Waals surface area contributed by atoms with Gasteiger partial charge in [0.15, 0.2) is 0 Å². The molecule has 7 nitrogen and oxygen atoms in total. The van der Waals surface area contributed by atoms with Crippen LogP contribution in [0.15, 0.2) is 77.6 Å². The fraction of sp³-hybridized carbons (Fsp3) is 0.267. The van der Waals surface area contributed by atoms with Crippen LogP contribution in [0.2, 0.25) is 0 Å². The molecule has 3 aromatic carbocycles. The molecule has 4 atom stereocenters. The van der Waals surface area contributed by atoms with Gasteiger partial charge < -0.3 is 0 Å². The Kier molecular flexibility index (Phi) is 4.51. The predicted molar refractivity (Wildman–Crippen MR) is 139 cm³/mol. The number of hydrogen-bond acceptors (Lipinski definition) is 5. The molecule has 40 heavy (non-hydrogen) atoms. The van der Waals surface area contributed by atoms with Crippen LogP contribution < -0.4 is 10.5 Å². The number of halogens is 3. The Bertz CT molecular complexity index is 1850. The van der Waals surface area contributed by atoms with E-state index in [0.29, 0.717) is 40.9 Å². The van der Waals surface area contributed by atoms with E-state index in [4.69, 9.17) is 4.98 Å². The van der Waals surface area contributed by atoms with E-state index in [0.717, 1.165) is 17.4 Å². The van der Waals surface area contributed by atoms with Crippen molar-refractivity contribution in [2.24, 2.45) is 11.8 Å². The van der Waals surface area contributed by atoms with Gasteiger partial charge in [0.05, 0.1) is 39.7 Å². The minimum atomic E-state index is -4.76. The van der Waals surface area contributed by atoms with Crippen LogP contribution in [-0.2, 0) is 21.3 Å². The highest BCUT2D eigenvalue weighted by molar-refractivity contribution is 6.23. The first-order valence-corrected chi connectivity index (χ1v) is 13.2. The number of nitrogens with zero attached hydrogens (tertiary/aromatic N) is 4. The molecule has 2 amide bonds. The number of fused-ring (bicyclic) bond motifs is 11. The van der Waals surface area contributed by atoms with Crippen molar-refractivity contribution in [2.45, 2.75) is 30.6 Å². The second-order valence-corrected chi connectivity index (χ2v) is 10.8. The Labute approximate surface area is 225 Å². The molecule has 200 valence electrons. The summed E-state index contributed by atoms with van der Waals surface area (Å²) in [5, 5.41) is 0.417. The molecule has 0 radical (unpaired) electrons. The number of benzene rings is 3. The van der Waals surface area contributed by atoms with Crippen molar-refractivity contribution in [1.82, 2.24) is 14.5 Å². The van der Waals surface area contributed by atoms with E-state index in [1.807, 2.05) is 12.1 Å². The lowest BCUT2D eigenvalue weighted by Gasteiger charge is -2.38. The largest absolute Gasteiger partial charge is 0.418 e. The van der Waals surface area contributed by atoms with Crippen LogP contribution in [0.3, 0.4) is 0 Å². The third-order valence-electron chi connectivity index (χ3n) is 9.09. The van der Waals surface area contributed by atoms with Crippen LogP contribution >= 0.6 is 0 Å². The lowest BCUT2D eigenvalue weighted by atomic mass is 9.75. The molecule has 0 saturated carbocycles. The first-order valence-electron chi connectivity index (χ1n) is 13.2. The smallest absolute Gasteiger partial charge is 0.283 e. The molecule has 0 unspecified atom stereocenters. The number of amides is 2. The SMILES string of the molecule is O=C1[C@H]2[C@@H]3CCCN3[C@@]3(c4ccccc4-n4c3nc3ccccc3c4=O)[C@H]2C(=O)N1c1ccccc1C(F)(F)F. The van der Waals surface area contributed by atoms with E-state index in [2.05, 4.69) is 4.90 Å². The standard InChI is InChI=1S/C30H21F3N4O3/c31-30(32,33)18-10-3-6-13-21(18)36-26(39)23-22-14-7-15-35(22)29(24(23)27(36)40)17-9-2-5-12-20(17)37-25(38)16-8-1-4-11-19(16)34-28(29)37/h1-6,8-13,22-24H,7,14-15H2/t22-,23-,24+,29-/m0/s1. The summed E-state index contributed by atoms with van der Waals surface area (Å²) in [4.78, 5) is 50.2. The van der Waals surface area contributed by atoms with Gasteiger partial charge in [-0.2, -0.15) is 13.2 Å². The van der Waals surface area contributed by atoms with Crippen LogP contribution in [-0.4, -0.2) is 38.9 Å². The summed E-state index contributed by atoms with van der Waals surface area (Å²) in [6.45, 7) is 0.564. The third-order valence-corrected chi connectivity index (χ3v) is 9.09. The van der Waals surface area contributed by atoms with Crippen molar-refractivity contribution in [1.29, 1.82) is 0 Å². The minimum Gasteiger partial charge on any atom is -0.283 e. The molecule has 3 fully saturated rings. The van der Waals surface area contributed by atoms with Gasteiger partial charge in [-0.15, -0.1) is 0 Å². The summed E-state index contributed by atoms with van der Waals surface area (Å²) in [6, 6.07) is 18.5. The number of carbonyl (C=O) groups is 2. The van der Waals surface area contributed by atoms with Crippen LogP contribution in [0.5, 0.6) is 0 Å². The van der Waals surface area contributed by atoms with Gasteiger partial charge in [-0.05, 0) is 49.7 Å². The first kappa shape index (κ1) is 23.6. The van der Waals surface area contributed by atoms with E-state index in [-0.39, 0.29) is 11.6 Å². The van der Waals surface area contributed by atoms with Gasteiger partial charge in [0.1, 0.15) is 11.4 Å². The Morgan fingerprint density at radius 1 is 0.850 bits per heavy atom. The number of imide groups is 1. The summed E-state index contributed by atoms with van der Waals surface area (Å²) in [5.74, 6) is -2.93. The molecule has 0 aliphatic carbocycles. The quantitative estimate of drug-likeness (QED) is 0.337. The maximum atomic E-state index is 14.4. The molecule has 1 spiro atoms. The molecule has 1 aromatic heterocycles. The van der Waals surface area contributed by atoms with Crippen molar-refractivity contribution in [2.75, 3.05) is 11.4 Å². The second kappa shape index (κ2) is 7.66. The fourth-order valence-electron chi connectivity index (χ4n) is 7.76. The third kappa shape index (κ3) is 2.64. The van der Waals surface area contributed by atoms with Crippen molar-refractivity contribution in [3.8, 4) is 5.69 Å². The number of anilines is 1. The number of carbonyl (C=O) groups excluding carboxylic acids is 2. The van der Waals surface area contributed by atoms with E-state index in [1.54, 1.807) is 36.4 Å². The Morgan fingerprint density at radius 2 is 1.55 bits per heavy atom. The normalized spacial score (nSPS) is 27.0. The van der Waals surface area contributed by atoms with Gasteiger partial charge in [0.2, 0.25) is 11.8 Å². The van der Waals surface area contributed by atoms with Gasteiger partial charge in [0.25, 0.3) is 5.56 Å². The highest BCUT2D eigenvalue weighted by Crippen LogP contribution is 2.62. The van der Waals surface area contributed by atoms with Gasteiger partial charge >= 0.3 is 6.18 Å². The average molecular weight is 543 g/mol. The first-order chi connectivity index (χ1) is 19.3. The van der Waals surface area contributed by atoms with Gasteiger partial charge in [-0.25, -0.2) is 9.88 Å². The summed E-state index contributed by atoms with van der Waals surface area (Å²) < 4.78 is 43.6. The Morgan fingerprint density at radius 3 is 2.35 bits per heavy atom. The number of alkyl halides is 3. The minimum absolute atomic E-state index is 0.292. The summed E-state index contributed by atoms with van der Waals surface area (Å²) in [5.41, 5.74) is -1.37. The van der Waals surface area contributed by atoms with Crippen molar-refractivity contribution in [3.05, 3.63) is 100 Å². The summed E-state index contributed by atoms with van der Waals surface area (Å²) in [6.07, 6.45) is -3.40. The number of aromatic nitrogens is 2. The van der Waals surface area contributed by atoms with Crippen LogP contribution in [0.1, 0.15) is 29.8 Å². The van der Waals surface area contributed by atoms with E-state index in [1.165, 1.54) is 22.8 Å². The average Bonchev–Trinajstić information content (AvgIpc) is 3.66. The van der Waals surface area contributed by atoms with Gasteiger partial charge in [0, 0.05) is 11.6 Å². The molecule has 5 heterocycles. The number of hydrogen-bond donors (Lipinski definition) is 0. The monoisotopic (exact) mass is 542 g/mol. The molecule has 10 heteroatoms. The molecule has 3 saturated heterocycles. The van der Waals surface area contributed by atoms with Crippen LogP contribution in [0.25, 0.3) is 16.6 Å². The molecule has 8 rings (SSSR count). The van der Waals surface area contributed by atoms with Crippen molar-refractivity contribution >= 4 is 28.4 Å². The predicted octanol–water partition coefficient (Wildman–Crippen LogP) is 4.25. The zero-order valence-corrected chi connectivity index (χ0v) is 20.9. The number of para-hydroxylation sites is 3. The zero-order chi connectivity index (χ0) is 27.6. The lowest BCUT2D eigenvalue weighted by molar-refractivity contribution is -0.137. The Balaban J connectivity index is 1.43. The maximum Gasteiger partial charge on any atom is 0.418 e. The molecule has 4 aromatic rings. The molecule has 4 aliphatic rings. The summed E-state index contributed by atoms with van der Waals surface area (Å²) >= 11 is 0. The van der Waals surface area contributed by atoms with E-state index >= 15 is 0 Å². The number of rotatable bonds is 1. The van der Waals surface area contributed by atoms with Gasteiger partial charge in [-0.3, -0.25) is 23.9 Å². The molecular weight excluding hydrogens is 521 g/mol. The summed E-state index contributed by atoms with van der Waals surface area (Å²) in [7, 11) is 0. The molecular formula is C30H21F3N4O3. The fourth-order valence-corrected chi connectivity index (χ4v) is 7.76. The van der Waals surface area contributed by atoms with E-state index in [9.17, 15) is 27.6 Å². The van der Waals surface area contributed by atoms with E-state index < -0.39 is 46.6 Å². The van der Waals surface area contributed by atoms with Gasteiger partial charge in [-0.1, -0.05) is 42.5 Å².